The second-order valence-corrected chi connectivity index (χ2v) is 23.0. The van der Waals surface area contributed by atoms with Gasteiger partial charge in [0.05, 0.1) is 19.8 Å². The van der Waals surface area contributed by atoms with E-state index in [4.69, 9.17) is 28.4 Å². The van der Waals surface area contributed by atoms with Crippen molar-refractivity contribution in [2.45, 2.75) is 351 Å². The van der Waals surface area contributed by atoms with Crippen LogP contribution in [0.15, 0.2) is 12.2 Å². The van der Waals surface area contributed by atoms with Crippen molar-refractivity contribution in [3.63, 3.8) is 0 Å². The van der Waals surface area contributed by atoms with Crippen molar-refractivity contribution in [1.29, 1.82) is 0 Å². The van der Waals surface area contributed by atoms with Gasteiger partial charge in [0.15, 0.2) is 18.7 Å². The summed E-state index contributed by atoms with van der Waals surface area (Å²) in [4.78, 5) is 26.0. The highest BCUT2D eigenvalue weighted by molar-refractivity contribution is 5.70. The van der Waals surface area contributed by atoms with E-state index in [-0.39, 0.29) is 26.1 Å². The number of esters is 2. The van der Waals surface area contributed by atoms with Crippen LogP contribution >= 0.6 is 0 Å². The molecule has 2 fully saturated rings. The van der Waals surface area contributed by atoms with Crippen molar-refractivity contribution in [3.05, 3.63) is 12.2 Å². The summed E-state index contributed by atoms with van der Waals surface area (Å²) in [5, 5.41) is 72.4. The quantitative estimate of drug-likeness (QED) is 0.0171. The first-order valence-corrected chi connectivity index (χ1v) is 32.3. The Morgan fingerprint density at radius 1 is 0.397 bits per heavy atom. The van der Waals surface area contributed by atoms with Crippen molar-refractivity contribution < 1.29 is 73.8 Å². The SMILES string of the molecule is CCCCCCCC/C=C/CCCCCCCCCCCC(=O)O[C@@H](COC(=O)CCCCCCCCCCCCCCCCCCCCCCCCC)CO[C@@H]1O[C@H](CO[C@@H]2O[C@H](CO)[C@H](O)C(O)C2O)[C@H](O)C(O)C1O. The number of aliphatic hydroxyl groups excluding tert-OH is 7. The number of hydrogen-bond acceptors (Lipinski definition) is 15. The summed E-state index contributed by atoms with van der Waals surface area (Å²) in [5.41, 5.74) is 0. The van der Waals surface area contributed by atoms with Crippen LogP contribution in [0, 0.1) is 0 Å². The summed E-state index contributed by atoms with van der Waals surface area (Å²) in [6.45, 7) is 2.66. The third-order valence-corrected chi connectivity index (χ3v) is 15.7. The molecule has 2 aliphatic rings. The van der Waals surface area contributed by atoms with Gasteiger partial charge in [-0.2, -0.15) is 0 Å². The Morgan fingerprint density at radius 2 is 0.731 bits per heavy atom. The zero-order valence-corrected chi connectivity index (χ0v) is 49.4. The molecule has 0 aromatic carbocycles. The van der Waals surface area contributed by atoms with Gasteiger partial charge in [-0.05, 0) is 38.5 Å². The summed E-state index contributed by atoms with van der Waals surface area (Å²) >= 11 is 0. The van der Waals surface area contributed by atoms with Gasteiger partial charge in [0.2, 0.25) is 0 Å². The molecular weight excluding hydrogens is 997 g/mol. The normalized spacial score (nSPS) is 24.0. The van der Waals surface area contributed by atoms with E-state index in [9.17, 15) is 45.3 Å². The molecule has 0 spiro atoms. The number of rotatable bonds is 53. The van der Waals surface area contributed by atoms with E-state index in [1.807, 2.05) is 0 Å². The monoisotopic (exact) mass is 1110 g/mol. The Labute approximate surface area is 473 Å². The number of carbonyl (C=O) groups excluding carboxylic acids is 2. The molecule has 0 saturated carbocycles. The number of ether oxygens (including phenoxy) is 6. The molecule has 4 unspecified atom stereocenters. The highest BCUT2D eigenvalue weighted by Crippen LogP contribution is 2.27. The summed E-state index contributed by atoms with van der Waals surface area (Å²) in [5.74, 6) is -0.907. The second-order valence-electron chi connectivity index (χ2n) is 23.0. The zero-order chi connectivity index (χ0) is 56.7. The standard InChI is InChI=1S/C63H118O15/c1-3-5-7-9-11-13-15-17-19-21-23-24-25-26-28-29-31-33-35-37-39-41-43-45-54(65)73-48-51(76-55(66)46-44-42-40-38-36-34-32-30-27-22-20-18-16-14-12-10-8-6-4-2)49-74-62-61(72)59(70)57(68)53(78-62)50-75-63-60(71)58(69)56(67)52(47-64)77-63/h18,20,51-53,56-64,67-72H,3-17,19,21-50H2,1-2H3/b20-18+/t51-,52+,53+,56-,57-,58?,59?,60?,61?,62+,63+/m0/s1. The lowest BCUT2D eigenvalue weighted by atomic mass is 9.98. The van der Waals surface area contributed by atoms with Crippen molar-refractivity contribution in [2.24, 2.45) is 0 Å². The molecule has 15 heteroatoms. The van der Waals surface area contributed by atoms with E-state index < -0.39 is 92.7 Å². The molecule has 78 heavy (non-hydrogen) atoms. The van der Waals surface area contributed by atoms with Gasteiger partial charge in [-0.1, -0.05) is 244 Å². The Morgan fingerprint density at radius 3 is 1.13 bits per heavy atom. The van der Waals surface area contributed by atoms with Crippen LogP contribution in [-0.4, -0.2) is 142 Å². The molecule has 0 bridgehead atoms. The van der Waals surface area contributed by atoms with Gasteiger partial charge in [-0.25, -0.2) is 0 Å². The van der Waals surface area contributed by atoms with Gasteiger partial charge < -0.3 is 64.2 Å². The zero-order valence-electron chi connectivity index (χ0n) is 49.4. The average Bonchev–Trinajstić information content (AvgIpc) is 3.43. The molecule has 15 nitrogen and oxygen atoms in total. The fourth-order valence-corrected chi connectivity index (χ4v) is 10.5. The molecular formula is C63H118O15. The topological polar surface area (TPSA) is 231 Å². The van der Waals surface area contributed by atoms with Gasteiger partial charge in [0.25, 0.3) is 0 Å². The fourth-order valence-electron chi connectivity index (χ4n) is 10.5. The molecule has 2 rings (SSSR count). The number of unbranched alkanes of at least 4 members (excludes halogenated alkanes) is 37. The number of aliphatic hydroxyl groups is 7. The molecule has 0 aliphatic carbocycles. The number of hydrogen-bond donors (Lipinski definition) is 7. The first-order chi connectivity index (χ1) is 38.0. The highest BCUT2D eigenvalue weighted by atomic mass is 16.7. The predicted molar refractivity (Wildman–Crippen MR) is 308 cm³/mol. The Hall–Kier alpha value is -1.76. The Balaban J connectivity index is 1.69. The van der Waals surface area contributed by atoms with Gasteiger partial charge >= 0.3 is 11.9 Å². The van der Waals surface area contributed by atoms with Gasteiger partial charge in [0.1, 0.15) is 55.4 Å². The van der Waals surface area contributed by atoms with E-state index in [2.05, 4.69) is 26.0 Å². The molecule has 2 heterocycles. The predicted octanol–water partition coefficient (Wildman–Crippen LogP) is 12.1. The minimum absolute atomic E-state index is 0.168. The van der Waals surface area contributed by atoms with Crippen LogP contribution in [-0.2, 0) is 38.0 Å². The van der Waals surface area contributed by atoms with Gasteiger partial charge in [-0.15, -0.1) is 0 Å². The summed E-state index contributed by atoms with van der Waals surface area (Å²) in [6, 6.07) is 0. The maximum Gasteiger partial charge on any atom is 0.306 e. The minimum Gasteiger partial charge on any atom is -0.462 e. The second kappa shape index (κ2) is 49.8. The fraction of sp³-hybridized carbons (Fsp3) is 0.937. The summed E-state index contributed by atoms with van der Waals surface area (Å²) in [6.07, 6.45) is 38.0. The molecule has 0 aromatic heterocycles. The third kappa shape index (κ3) is 36.0. The lowest BCUT2D eigenvalue weighted by Gasteiger charge is -2.42. The van der Waals surface area contributed by atoms with Crippen molar-refractivity contribution >= 4 is 11.9 Å². The van der Waals surface area contributed by atoms with Crippen LogP contribution in [0.2, 0.25) is 0 Å². The van der Waals surface area contributed by atoms with Crippen LogP contribution in [0.4, 0.5) is 0 Å². The largest absolute Gasteiger partial charge is 0.462 e. The molecule has 0 radical (unpaired) electrons. The van der Waals surface area contributed by atoms with Crippen molar-refractivity contribution in [3.8, 4) is 0 Å². The summed E-state index contributed by atoms with van der Waals surface area (Å²) < 4.78 is 33.8. The van der Waals surface area contributed by atoms with Crippen molar-refractivity contribution in [1.82, 2.24) is 0 Å². The van der Waals surface area contributed by atoms with Gasteiger partial charge in [0, 0.05) is 12.8 Å². The number of carbonyl (C=O) groups is 2. The third-order valence-electron chi connectivity index (χ3n) is 15.7. The van der Waals surface area contributed by atoms with E-state index >= 15 is 0 Å². The summed E-state index contributed by atoms with van der Waals surface area (Å²) in [7, 11) is 0. The minimum atomic E-state index is -1.76. The first-order valence-electron chi connectivity index (χ1n) is 32.3. The molecule has 0 amide bonds. The Kier molecular flexibility index (Phi) is 46.2. The lowest BCUT2D eigenvalue weighted by Crippen LogP contribution is -2.61. The Bertz CT molecular complexity index is 1400. The van der Waals surface area contributed by atoms with Crippen LogP contribution in [0.3, 0.4) is 0 Å². The van der Waals surface area contributed by atoms with E-state index in [1.54, 1.807) is 0 Å². The molecule has 11 atom stereocenters. The van der Waals surface area contributed by atoms with Crippen LogP contribution in [0.25, 0.3) is 0 Å². The maximum absolute atomic E-state index is 13.1. The first kappa shape index (κ1) is 72.3. The molecule has 2 aliphatic heterocycles. The maximum atomic E-state index is 13.1. The molecule has 0 aromatic rings. The van der Waals surface area contributed by atoms with E-state index in [0.717, 1.165) is 44.9 Å². The average molecular weight is 1120 g/mol. The van der Waals surface area contributed by atoms with E-state index in [1.165, 1.54) is 199 Å². The van der Waals surface area contributed by atoms with E-state index in [0.29, 0.717) is 12.8 Å². The lowest BCUT2D eigenvalue weighted by molar-refractivity contribution is -0.332. The van der Waals surface area contributed by atoms with Crippen LogP contribution in [0.1, 0.15) is 284 Å². The van der Waals surface area contributed by atoms with Gasteiger partial charge in [-0.3, -0.25) is 9.59 Å². The molecule has 460 valence electrons. The van der Waals surface area contributed by atoms with Crippen LogP contribution in [0.5, 0.6) is 0 Å². The van der Waals surface area contributed by atoms with Crippen LogP contribution < -0.4 is 0 Å². The molecule has 7 N–H and O–H groups in total. The van der Waals surface area contributed by atoms with Crippen molar-refractivity contribution in [2.75, 3.05) is 26.4 Å². The number of allylic oxidation sites excluding steroid dienone is 2. The molecule has 2 saturated heterocycles. The smallest absolute Gasteiger partial charge is 0.306 e. The highest BCUT2D eigenvalue weighted by Gasteiger charge is 2.47.